The third-order valence-electron chi connectivity index (χ3n) is 2.96. The van der Waals surface area contributed by atoms with Crippen molar-refractivity contribution in [2.75, 3.05) is 0 Å². The van der Waals surface area contributed by atoms with Crippen molar-refractivity contribution in [3.63, 3.8) is 0 Å². The molecule has 0 bridgehead atoms. The van der Waals surface area contributed by atoms with Gasteiger partial charge in [0.05, 0.1) is 0 Å². The minimum absolute atomic E-state index is 0.800. The third-order valence-corrected chi connectivity index (χ3v) is 3.93. The standard InChI is InChI=1S/C12H9Cl.C7H7Br/c13-12-9-5-4-8-11(12)10-6-2-1-3-7-10;8-6-7-4-2-1-3-5-7/h1-9H;1-5H,6H2. The lowest BCUT2D eigenvalue weighted by Gasteiger charge is -2.02. The lowest BCUT2D eigenvalue weighted by molar-refractivity contribution is 1.44. The van der Waals surface area contributed by atoms with Gasteiger partial charge in [-0.1, -0.05) is 106 Å². The predicted octanol–water partition coefficient (Wildman–Crippen LogP) is 6.59. The molecule has 3 aromatic rings. The summed E-state index contributed by atoms with van der Waals surface area (Å²) < 4.78 is 0. The molecule has 0 spiro atoms. The van der Waals surface area contributed by atoms with Gasteiger partial charge in [-0.2, -0.15) is 0 Å². The number of hydrogen-bond donors (Lipinski definition) is 0. The van der Waals surface area contributed by atoms with E-state index < -0.39 is 0 Å². The van der Waals surface area contributed by atoms with Crippen molar-refractivity contribution in [3.05, 3.63) is 95.5 Å². The Morgan fingerprint density at radius 1 is 0.667 bits per heavy atom. The van der Waals surface area contributed by atoms with Crippen LogP contribution in [0.4, 0.5) is 0 Å². The van der Waals surface area contributed by atoms with Gasteiger partial charge in [0.1, 0.15) is 0 Å². The number of benzene rings is 3. The van der Waals surface area contributed by atoms with E-state index in [2.05, 4.69) is 40.2 Å². The van der Waals surface area contributed by atoms with Gasteiger partial charge in [-0.3, -0.25) is 0 Å². The minimum Gasteiger partial charge on any atom is -0.0876 e. The number of rotatable bonds is 2. The van der Waals surface area contributed by atoms with Crippen LogP contribution in [-0.2, 0) is 5.33 Å². The minimum atomic E-state index is 0.800. The van der Waals surface area contributed by atoms with Crippen molar-refractivity contribution >= 4 is 27.5 Å². The molecule has 2 heteroatoms. The van der Waals surface area contributed by atoms with Gasteiger partial charge < -0.3 is 0 Å². The van der Waals surface area contributed by atoms with Crippen LogP contribution in [0.2, 0.25) is 5.02 Å². The normalized spacial score (nSPS) is 9.62. The lowest BCUT2D eigenvalue weighted by atomic mass is 10.1. The molecule has 0 aliphatic heterocycles. The Labute approximate surface area is 139 Å². The van der Waals surface area contributed by atoms with Crippen LogP contribution in [0.5, 0.6) is 0 Å². The fourth-order valence-corrected chi connectivity index (χ4v) is 2.50. The Bertz CT molecular complexity index is 651. The largest absolute Gasteiger partial charge is 0.0876 e. The van der Waals surface area contributed by atoms with Gasteiger partial charge in [0.25, 0.3) is 0 Å². The topological polar surface area (TPSA) is 0 Å². The van der Waals surface area contributed by atoms with E-state index in [1.165, 1.54) is 5.56 Å². The molecule has 21 heavy (non-hydrogen) atoms. The smallest absolute Gasteiger partial charge is 0.0484 e. The van der Waals surface area contributed by atoms with Crippen molar-refractivity contribution in [3.8, 4) is 11.1 Å². The summed E-state index contributed by atoms with van der Waals surface area (Å²) in [6, 6.07) is 28.3. The fraction of sp³-hybridized carbons (Fsp3) is 0.0526. The van der Waals surface area contributed by atoms with Crippen molar-refractivity contribution < 1.29 is 0 Å². The number of hydrogen-bond acceptors (Lipinski definition) is 0. The Hall–Kier alpha value is -1.57. The van der Waals surface area contributed by atoms with Crippen molar-refractivity contribution in [2.45, 2.75) is 5.33 Å². The molecule has 0 saturated carbocycles. The zero-order chi connectivity index (χ0) is 14.9. The molecule has 0 amide bonds. The summed E-state index contributed by atoms with van der Waals surface area (Å²) >= 11 is 9.42. The molecule has 0 aliphatic rings. The SMILES string of the molecule is BrCc1ccccc1.Clc1ccccc1-c1ccccc1. The molecule has 3 rings (SSSR count). The average Bonchev–Trinajstić information content (AvgIpc) is 2.57. The first kappa shape index (κ1) is 15.8. The fourth-order valence-electron chi connectivity index (χ4n) is 1.88. The highest BCUT2D eigenvalue weighted by Crippen LogP contribution is 2.26. The first-order chi connectivity index (χ1) is 10.3. The van der Waals surface area contributed by atoms with Gasteiger partial charge in [-0.25, -0.2) is 0 Å². The Kier molecular flexibility index (Phi) is 6.52. The lowest BCUT2D eigenvalue weighted by Crippen LogP contribution is -1.77. The zero-order valence-corrected chi connectivity index (χ0v) is 13.9. The van der Waals surface area contributed by atoms with Crippen LogP contribution >= 0.6 is 27.5 Å². The van der Waals surface area contributed by atoms with Gasteiger partial charge in [0.2, 0.25) is 0 Å². The molecule has 0 nitrogen and oxygen atoms in total. The van der Waals surface area contributed by atoms with Crippen molar-refractivity contribution in [2.24, 2.45) is 0 Å². The molecule has 0 heterocycles. The number of alkyl halides is 1. The molecular weight excluding hydrogens is 344 g/mol. The summed E-state index contributed by atoms with van der Waals surface area (Å²) in [6.07, 6.45) is 0. The summed E-state index contributed by atoms with van der Waals surface area (Å²) in [6.45, 7) is 0. The second kappa shape index (κ2) is 8.66. The molecule has 0 fully saturated rings. The molecule has 0 atom stereocenters. The maximum absolute atomic E-state index is 6.06. The van der Waals surface area contributed by atoms with E-state index in [0.717, 1.165) is 21.5 Å². The van der Waals surface area contributed by atoms with Crippen LogP contribution in [0.3, 0.4) is 0 Å². The molecule has 0 N–H and O–H groups in total. The highest BCUT2D eigenvalue weighted by atomic mass is 79.9. The highest BCUT2D eigenvalue weighted by Gasteiger charge is 1.99. The summed E-state index contributed by atoms with van der Waals surface area (Å²) in [5.74, 6) is 0. The first-order valence-corrected chi connectivity index (χ1v) is 8.21. The second-order valence-corrected chi connectivity index (χ2v) is 5.43. The van der Waals surface area contributed by atoms with Gasteiger partial charge in [-0.05, 0) is 17.2 Å². The Morgan fingerprint density at radius 2 is 1.19 bits per heavy atom. The quantitative estimate of drug-likeness (QED) is 0.453. The van der Waals surface area contributed by atoms with E-state index >= 15 is 0 Å². The van der Waals surface area contributed by atoms with Crippen LogP contribution in [0.25, 0.3) is 11.1 Å². The van der Waals surface area contributed by atoms with E-state index in [-0.39, 0.29) is 0 Å². The summed E-state index contributed by atoms with van der Waals surface area (Å²) in [5.41, 5.74) is 3.57. The maximum Gasteiger partial charge on any atom is 0.0484 e. The highest BCUT2D eigenvalue weighted by molar-refractivity contribution is 9.08. The molecule has 0 aliphatic carbocycles. The van der Waals surface area contributed by atoms with Crippen LogP contribution in [-0.4, -0.2) is 0 Å². The van der Waals surface area contributed by atoms with Gasteiger partial charge in [-0.15, -0.1) is 0 Å². The van der Waals surface area contributed by atoms with Crippen LogP contribution in [0.1, 0.15) is 5.56 Å². The molecular formula is C19H16BrCl. The molecule has 0 radical (unpaired) electrons. The van der Waals surface area contributed by atoms with E-state index in [9.17, 15) is 0 Å². The predicted molar refractivity (Wildman–Crippen MR) is 96.0 cm³/mol. The van der Waals surface area contributed by atoms with E-state index in [0.29, 0.717) is 0 Å². The number of halogens is 2. The zero-order valence-electron chi connectivity index (χ0n) is 11.5. The molecule has 0 saturated heterocycles. The summed E-state index contributed by atoms with van der Waals surface area (Å²) in [7, 11) is 0. The average molecular weight is 360 g/mol. The molecule has 0 aromatic heterocycles. The first-order valence-electron chi connectivity index (χ1n) is 6.71. The second-order valence-electron chi connectivity index (χ2n) is 4.47. The van der Waals surface area contributed by atoms with Gasteiger partial charge in [0.15, 0.2) is 0 Å². The van der Waals surface area contributed by atoms with Crippen LogP contribution < -0.4 is 0 Å². The van der Waals surface area contributed by atoms with Crippen molar-refractivity contribution in [1.82, 2.24) is 0 Å². The Morgan fingerprint density at radius 3 is 1.71 bits per heavy atom. The van der Waals surface area contributed by atoms with E-state index in [4.69, 9.17) is 11.6 Å². The summed E-state index contributed by atoms with van der Waals surface area (Å²) in [4.78, 5) is 0. The van der Waals surface area contributed by atoms with Crippen molar-refractivity contribution in [1.29, 1.82) is 0 Å². The Balaban J connectivity index is 0.000000173. The monoisotopic (exact) mass is 358 g/mol. The van der Waals surface area contributed by atoms with E-state index in [1.807, 2.05) is 60.7 Å². The maximum atomic E-state index is 6.06. The van der Waals surface area contributed by atoms with Gasteiger partial charge in [0, 0.05) is 15.9 Å². The van der Waals surface area contributed by atoms with Crippen LogP contribution in [0, 0.1) is 0 Å². The molecule has 3 aromatic carbocycles. The molecule has 106 valence electrons. The third kappa shape index (κ3) is 5.04. The van der Waals surface area contributed by atoms with Crippen LogP contribution in [0.15, 0.2) is 84.9 Å². The molecule has 0 unspecified atom stereocenters. The van der Waals surface area contributed by atoms with E-state index in [1.54, 1.807) is 0 Å². The van der Waals surface area contributed by atoms with Gasteiger partial charge >= 0.3 is 0 Å². The summed E-state index contributed by atoms with van der Waals surface area (Å²) in [5, 5.41) is 1.75.